The summed E-state index contributed by atoms with van der Waals surface area (Å²) >= 11 is 3.52. The first kappa shape index (κ1) is 23.1. The van der Waals surface area contributed by atoms with E-state index in [1.807, 2.05) is 30.3 Å². The third-order valence-corrected chi connectivity index (χ3v) is 5.59. The zero-order valence-corrected chi connectivity index (χ0v) is 19.3. The molecule has 0 aliphatic heterocycles. The van der Waals surface area contributed by atoms with Crippen molar-refractivity contribution in [1.29, 1.82) is 0 Å². The standard InChI is InChI=1S/C26H18BrFN2O4/c27-25-20-6-2-1-5-18(20)11-14-23(25)33-16-24(31)30-29-15-17-9-12-19(13-10-17)34-26(32)21-7-3-4-8-22(21)28/h1-15H,16H2,(H,30,31)/b29-15+. The molecule has 0 aliphatic rings. The van der Waals surface area contributed by atoms with E-state index in [4.69, 9.17) is 9.47 Å². The minimum absolute atomic E-state index is 0.145. The highest BCUT2D eigenvalue weighted by atomic mass is 79.9. The van der Waals surface area contributed by atoms with Gasteiger partial charge in [-0.1, -0.05) is 42.5 Å². The number of amides is 1. The lowest BCUT2D eigenvalue weighted by Crippen LogP contribution is -2.24. The SMILES string of the molecule is O=C(COc1ccc2ccccc2c1Br)N/N=C/c1ccc(OC(=O)c2ccccc2F)cc1. The van der Waals surface area contributed by atoms with E-state index in [0.29, 0.717) is 11.3 Å². The average Bonchev–Trinajstić information content (AvgIpc) is 2.85. The van der Waals surface area contributed by atoms with Gasteiger partial charge in [-0.2, -0.15) is 5.10 Å². The molecule has 0 atom stereocenters. The average molecular weight is 521 g/mol. The Morgan fingerprint density at radius 2 is 1.68 bits per heavy atom. The van der Waals surface area contributed by atoms with Crippen LogP contribution in [-0.2, 0) is 4.79 Å². The lowest BCUT2D eigenvalue weighted by Gasteiger charge is -2.09. The van der Waals surface area contributed by atoms with Gasteiger partial charge >= 0.3 is 5.97 Å². The number of nitrogens with one attached hydrogen (secondary N) is 1. The number of halogens is 2. The highest BCUT2D eigenvalue weighted by Gasteiger charge is 2.13. The number of rotatable bonds is 7. The summed E-state index contributed by atoms with van der Waals surface area (Å²) in [6, 6.07) is 23.5. The van der Waals surface area contributed by atoms with Crippen LogP contribution in [0.2, 0.25) is 0 Å². The van der Waals surface area contributed by atoms with Gasteiger partial charge in [0.15, 0.2) is 6.61 Å². The zero-order valence-electron chi connectivity index (χ0n) is 17.7. The smallest absolute Gasteiger partial charge is 0.346 e. The van der Waals surface area contributed by atoms with Gasteiger partial charge in [0.1, 0.15) is 17.3 Å². The Hall–Kier alpha value is -4.04. The van der Waals surface area contributed by atoms with Crippen LogP contribution >= 0.6 is 15.9 Å². The summed E-state index contributed by atoms with van der Waals surface area (Å²) < 4.78 is 25.2. The Morgan fingerprint density at radius 1 is 0.941 bits per heavy atom. The van der Waals surface area contributed by atoms with Gasteiger partial charge in [0.25, 0.3) is 5.91 Å². The molecule has 0 heterocycles. The van der Waals surface area contributed by atoms with Crippen LogP contribution in [0.25, 0.3) is 10.8 Å². The van der Waals surface area contributed by atoms with Gasteiger partial charge in [0.05, 0.1) is 16.3 Å². The Labute approximate surface area is 203 Å². The normalized spacial score (nSPS) is 10.9. The number of hydrogen-bond acceptors (Lipinski definition) is 5. The highest BCUT2D eigenvalue weighted by Crippen LogP contribution is 2.32. The molecule has 0 saturated carbocycles. The summed E-state index contributed by atoms with van der Waals surface area (Å²) in [5.74, 6) is -1.05. The molecule has 6 nitrogen and oxygen atoms in total. The molecule has 1 amide bonds. The number of hydrazone groups is 1. The van der Waals surface area contributed by atoms with Gasteiger partial charge in [-0.3, -0.25) is 4.79 Å². The molecule has 0 saturated heterocycles. The topological polar surface area (TPSA) is 77.0 Å². The van der Waals surface area contributed by atoms with E-state index in [1.54, 1.807) is 36.4 Å². The number of fused-ring (bicyclic) bond motifs is 1. The second-order valence-electron chi connectivity index (χ2n) is 7.12. The van der Waals surface area contributed by atoms with Crippen LogP contribution in [0.5, 0.6) is 11.5 Å². The third kappa shape index (κ3) is 5.65. The lowest BCUT2D eigenvalue weighted by atomic mass is 10.1. The van der Waals surface area contributed by atoms with Crippen LogP contribution < -0.4 is 14.9 Å². The molecule has 0 unspecified atom stereocenters. The molecule has 4 aromatic rings. The minimum atomic E-state index is -0.787. The number of carbonyl (C=O) groups is 2. The Kier molecular flexibility index (Phi) is 7.29. The van der Waals surface area contributed by atoms with Crippen molar-refractivity contribution in [1.82, 2.24) is 5.43 Å². The molecular weight excluding hydrogens is 503 g/mol. The number of esters is 1. The van der Waals surface area contributed by atoms with Gasteiger partial charge in [0, 0.05) is 0 Å². The van der Waals surface area contributed by atoms with Crippen LogP contribution in [0.1, 0.15) is 15.9 Å². The van der Waals surface area contributed by atoms with Crippen molar-refractivity contribution in [2.45, 2.75) is 0 Å². The summed E-state index contributed by atoms with van der Waals surface area (Å²) in [5, 5.41) is 5.95. The van der Waals surface area contributed by atoms with Gasteiger partial charge in [-0.05, 0) is 74.7 Å². The van der Waals surface area contributed by atoms with Gasteiger partial charge in [-0.15, -0.1) is 0 Å². The van der Waals surface area contributed by atoms with E-state index in [0.717, 1.165) is 15.2 Å². The van der Waals surface area contributed by atoms with Crippen molar-refractivity contribution in [3.05, 3.63) is 106 Å². The summed E-state index contributed by atoms with van der Waals surface area (Å²) in [4.78, 5) is 24.1. The van der Waals surface area contributed by atoms with Crippen molar-refractivity contribution in [3.63, 3.8) is 0 Å². The number of hydrogen-bond donors (Lipinski definition) is 1. The molecule has 4 aromatic carbocycles. The molecule has 0 radical (unpaired) electrons. The maximum atomic E-state index is 13.7. The predicted molar refractivity (Wildman–Crippen MR) is 131 cm³/mol. The molecule has 0 aromatic heterocycles. The molecular formula is C26H18BrFN2O4. The first-order valence-corrected chi connectivity index (χ1v) is 11.0. The molecule has 0 aliphatic carbocycles. The van der Waals surface area contributed by atoms with Gasteiger partial charge in [0.2, 0.25) is 0 Å². The largest absolute Gasteiger partial charge is 0.483 e. The van der Waals surface area contributed by atoms with E-state index in [2.05, 4.69) is 26.5 Å². The van der Waals surface area contributed by atoms with Crippen LogP contribution in [0.15, 0.2) is 94.5 Å². The monoisotopic (exact) mass is 520 g/mol. The molecule has 8 heteroatoms. The second-order valence-corrected chi connectivity index (χ2v) is 7.91. The quantitative estimate of drug-likeness (QED) is 0.151. The molecule has 0 bridgehead atoms. The summed E-state index contributed by atoms with van der Waals surface area (Å²) in [6.45, 7) is -0.209. The zero-order chi connectivity index (χ0) is 23.9. The summed E-state index contributed by atoms with van der Waals surface area (Å²) in [6.07, 6.45) is 1.44. The van der Waals surface area contributed by atoms with Gasteiger partial charge in [-0.25, -0.2) is 14.6 Å². The lowest BCUT2D eigenvalue weighted by molar-refractivity contribution is -0.123. The Bertz CT molecular complexity index is 1370. The number of benzene rings is 4. The fourth-order valence-electron chi connectivity index (χ4n) is 3.09. The van der Waals surface area contributed by atoms with E-state index >= 15 is 0 Å². The van der Waals surface area contributed by atoms with E-state index < -0.39 is 17.7 Å². The molecule has 1 N–H and O–H groups in total. The van der Waals surface area contributed by atoms with Crippen LogP contribution in [0.3, 0.4) is 0 Å². The van der Waals surface area contributed by atoms with Crippen molar-refractivity contribution in [2.24, 2.45) is 5.10 Å². The fourth-order valence-corrected chi connectivity index (χ4v) is 3.70. The first-order valence-electron chi connectivity index (χ1n) is 10.2. The molecule has 34 heavy (non-hydrogen) atoms. The molecule has 170 valence electrons. The number of nitrogens with zero attached hydrogens (tertiary/aromatic N) is 1. The minimum Gasteiger partial charge on any atom is -0.483 e. The fraction of sp³-hybridized carbons (Fsp3) is 0.0385. The van der Waals surface area contributed by atoms with Crippen molar-refractivity contribution >= 4 is 44.8 Å². The molecule has 4 rings (SSSR count). The van der Waals surface area contributed by atoms with Crippen molar-refractivity contribution in [2.75, 3.05) is 6.61 Å². The first-order chi connectivity index (χ1) is 16.5. The summed E-state index contributed by atoms with van der Waals surface area (Å²) in [5.41, 5.74) is 2.91. The Morgan fingerprint density at radius 3 is 2.47 bits per heavy atom. The van der Waals surface area contributed by atoms with Crippen molar-refractivity contribution < 1.29 is 23.5 Å². The van der Waals surface area contributed by atoms with Crippen LogP contribution in [-0.4, -0.2) is 24.7 Å². The number of ether oxygens (including phenoxy) is 2. The number of carbonyl (C=O) groups excluding carboxylic acids is 2. The van der Waals surface area contributed by atoms with Crippen LogP contribution in [0, 0.1) is 5.82 Å². The predicted octanol–water partition coefficient (Wildman–Crippen LogP) is 5.49. The third-order valence-electron chi connectivity index (χ3n) is 4.77. The second kappa shape index (κ2) is 10.7. The maximum absolute atomic E-state index is 13.7. The van der Waals surface area contributed by atoms with Crippen LogP contribution in [0.4, 0.5) is 4.39 Å². The van der Waals surface area contributed by atoms with E-state index in [1.165, 1.54) is 24.4 Å². The summed E-state index contributed by atoms with van der Waals surface area (Å²) in [7, 11) is 0. The highest BCUT2D eigenvalue weighted by molar-refractivity contribution is 9.10. The molecule has 0 spiro atoms. The van der Waals surface area contributed by atoms with Gasteiger partial charge < -0.3 is 9.47 Å². The van der Waals surface area contributed by atoms with E-state index in [-0.39, 0.29) is 17.9 Å². The van der Waals surface area contributed by atoms with Crippen molar-refractivity contribution in [3.8, 4) is 11.5 Å². The maximum Gasteiger partial charge on any atom is 0.346 e. The molecule has 0 fully saturated rings. The van der Waals surface area contributed by atoms with E-state index in [9.17, 15) is 14.0 Å². The Balaban J connectivity index is 1.28.